The van der Waals surface area contributed by atoms with Crippen molar-refractivity contribution in [3.05, 3.63) is 66.0 Å². The van der Waals surface area contributed by atoms with Crippen molar-refractivity contribution in [2.24, 2.45) is 12.2 Å². The van der Waals surface area contributed by atoms with Crippen molar-refractivity contribution < 1.29 is 4.84 Å². The van der Waals surface area contributed by atoms with Gasteiger partial charge in [0.25, 0.3) is 0 Å². The second-order valence-corrected chi connectivity index (χ2v) is 4.92. The van der Waals surface area contributed by atoms with Gasteiger partial charge in [0.15, 0.2) is 5.82 Å². The highest BCUT2D eigenvalue weighted by Gasteiger charge is 2.10. The molecule has 0 unspecified atom stereocenters. The number of hydrogen-bond donors (Lipinski definition) is 0. The van der Waals surface area contributed by atoms with E-state index in [9.17, 15) is 0 Å². The molecule has 0 amide bonds. The zero-order chi connectivity index (χ0) is 14.7. The highest BCUT2D eigenvalue weighted by molar-refractivity contribution is 5.98. The number of hydrogen-bond acceptors (Lipinski definition) is 3. The van der Waals surface area contributed by atoms with Gasteiger partial charge in [-0.2, -0.15) is 0 Å². The molecule has 0 atom stereocenters. The van der Waals surface area contributed by atoms with E-state index in [0.717, 1.165) is 28.1 Å². The highest BCUT2D eigenvalue weighted by Crippen LogP contribution is 2.15. The first-order valence-corrected chi connectivity index (χ1v) is 6.88. The van der Waals surface area contributed by atoms with Gasteiger partial charge in [-0.05, 0) is 24.6 Å². The lowest BCUT2D eigenvalue weighted by atomic mass is 10.2. The van der Waals surface area contributed by atoms with E-state index in [1.54, 1.807) is 0 Å². The van der Waals surface area contributed by atoms with Crippen LogP contribution >= 0.6 is 0 Å². The van der Waals surface area contributed by atoms with Crippen molar-refractivity contribution >= 4 is 16.7 Å². The molecule has 0 saturated heterocycles. The lowest BCUT2D eigenvalue weighted by Gasteiger charge is -2.03. The van der Waals surface area contributed by atoms with Crippen LogP contribution in [0.4, 0.5) is 0 Å². The Morgan fingerprint density at radius 3 is 2.57 bits per heavy atom. The number of aromatic nitrogens is 2. The SMILES string of the molecule is C/C(=N\OCc1ccccc1)c1nc2ccccc2n1C. The summed E-state index contributed by atoms with van der Waals surface area (Å²) in [5.74, 6) is 0.823. The second-order valence-electron chi connectivity index (χ2n) is 4.92. The molecular weight excluding hydrogens is 262 g/mol. The highest BCUT2D eigenvalue weighted by atomic mass is 16.6. The van der Waals surface area contributed by atoms with E-state index in [0.29, 0.717) is 6.61 Å². The molecule has 0 radical (unpaired) electrons. The Balaban J connectivity index is 1.78. The molecule has 4 heteroatoms. The van der Waals surface area contributed by atoms with Crippen LogP contribution in [0.25, 0.3) is 11.0 Å². The summed E-state index contributed by atoms with van der Waals surface area (Å²) in [5, 5.41) is 4.18. The number of para-hydroxylation sites is 2. The number of rotatable bonds is 4. The minimum Gasteiger partial charge on any atom is -0.391 e. The number of aryl methyl sites for hydroxylation is 1. The smallest absolute Gasteiger partial charge is 0.158 e. The first-order chi connectivity index (χ1) is 10.3. The Hall–Kier alpha value is -2.62. The molecule has 1 aromatic heterocycles. The van der Waals surface area contributed by atoms with E-state index in [-0.39, 0.29) is 0 Å². The third-order valence-corrected chi connectivity index (χ3v) is 3.39. The van der Waals surface area contributed by atoms with Crippen LogP contribution in [0.15, 0.2) is 59.8 Å². The number of imidazole rings is 1. The summed E-state index contributed by atoms with van der Waals surface area (Å²) in [4.78, 5) is 10.0. The minimum absolute atomic E-state index is 0.460. The Labute approximate surface area is 123 Å². The summed E-state index contributed by atoms with van der Waals surface area (Å²) in [7, 11) is 1.99. The maximum Gasteiger partial charge on any atom is 0.158 e. The largest absolute Gasteiger partial charge is 0.391 e. The first-order valence-electron chi connectivity index (χ1n) is 6.88. The molecule has 2 aromatic carbocycles. The van der Waals surface area contributed by atoms with Gasteiger partial charge in [0.05, 0.1) is 11.0 Å². The van der Waals surface area contributed by atoms with Gasteiger partial charge in [-0.15, -0.1) is 0 Å². The van der Waals surface area contributed by atoms with E-state index < -0.39 is 0 Å². The lowest BCUT2D eigenvalue weighted by Crippen LogP contribution is -2.05. The Morgan fingerprint density at radius 1 is 1.10 bits per heavy atom. The van der Waals surface area contributed by atoms with Gasteiger partial charge in [0.1, 0.15) is 12.3 Å². The van der Waals surface area contributed by atoms with Crippen LogP contribution in [0.3, 0.4) is 0 Å². The summed E-state index contributed by atoms with van der Waals surface area (Å²) in [6, 6.07) is 18.0. The van der Waals surface area contributed by atoms with Crippen LogP contribution < -0.4 is 0 Å². The fraction of sp³-hybridized carbons (Fsp3) is 0.176. The summed E-state index contributed by atoms with van der Waals surface area (Å²) in [6.07, 6.45) is 0. The predicted molar refractivity (Wildman–Crippen MR) is 84.2 cm³/mol. The van der Waals surface area contributed by atoms with E-state index in [1.165, 1.54) is 0 Å². The number of oxime groups is 1. The zero-order valence-electron chi connectivity index (χ0n) is 12.2. The fourth-order valence-electron chi connectivity index (χ4n) is 2.29. The first kappa shape index (κ1) is 13.4. The van der Waals surface area contributed by atoms with Gasteiger partial charge in [-0.25, -0.2) is 4.98 Å². The Kier molecular flexibility index (Phi) is 3.69. The molecule has 3 rings (SSSR count). The summed E-state index contributed by atoms with van der Waals surface area (Å²) in [6.45, 7) is 2.37. The molecule has 0 N–H and O–H groups in total. The topological polar surface area (TPSA) is 39.4 Å². The summed E-state index contributed by atoms with van der Waals surface area (Å²) < 4.78 is 2.03. The molecule has 1 heterocycles. The van der Waals surface area contributed by atoms with Crippen molar-refractivity contribution in [1.82, 2.24) is 9.55 Å². The van der Waals surface area contributed by atoms with E-state index in [1.807, 2.05) is 73.1 Å². The van der Waals surface area contributed by atoms with Gasteiger partial charge < -0.3 is 9.40 Å². The molecule has 3 aromatic rings. The van der Waals surface area contributed by atoms with Gasteiger partial charge in [0, 0.05) is 7.05 Å². The minimum atomic E-state index is 0.460. The van der Waals surface area contributed by atoms with Crippen molar-refractivity contribution in [2.75, 3.05) is 0 Å². The quantitative estimate of drug-likeness (QED) is 0.541. The van der Waals surface area contributed by atoms with E-state index in [4.69, 9.17) is 4.84 Å². The fourth-order valence-corrected chi connectivity index (χ4v) is 2.29. The molecule has 0 aliphatic carbocycles. The molecule has 21 heavy (non-hydrogen) atoms. The molecule has 0 saturated carbocycles. The average Bonchev–Trinajstić information content (AvgIpc) is 2.86. The summed E-state index contributed by atoms with van der Waals surface area (Å²) in [5.41, 5.74) is 3.92. The third-order valence-electron chi connectivity index (χ3n) is 3.39. The van der Waals surface area contributed by atoms with Crippen molar-refractivity contribution in [3.63, 3.8) is 0 Å². The van der Waals surface area contributed by atoms with E-state index >= 15 is 0 Å². The zero-order valence-corrected chi connectivity index (χ0v) is 12.2. The molecule has 0 aliphatic rings. The van der Waals surface area contributed by atoms with Gasteiger partial charge in [-0.3, -0.25) is 0 Å². The van der Waals surface area contributed by atoms with Crippen LogP contribution in [0.1, 0.15) is 18.3 Å². The molecule has 0 bridgehead atoms. The van der Waals surface area contributed by atoms with Crippen LogP contribution in [-0.4, -0.2) is 15.3 Å². The number of fused-ring (bicyclic) bond motifs is 1. The Bertz CT molecular complexity index is 775. The van der Waals surface area contributed by atoms with Crippen LogP contribution in [0.2, 0.25) is 0 Å². The molecular formula is C17H17N3O. The number of benzene rings is 2. The van der Waals surface area contributed by atoms with Crippen molar-refractivity contribution in [2.45, 2.75) is 13.5 Å². The third kappa shape index (κ3) is 2.79. The van der Waals surface area contributed by atoms with Crippen molar-refractivity contribution in [1.29, 1.82) is 0 Å². The molecule has 0 fully saturated rings. The monoisotopic (exact) mass is 279 g/mol. The molecule has 0 spiro atoms. The van der Waals surface area contributed by atoms with Crippen molar-refractivity contribution in [3.8, 4) is 0 Å². The van der Waals surface area contributed by atoms with Gasteiger partial charge >= 0.3 is 0 Å². The average molecular weight is 279 g/mol. The maximum atomic E-state index is 5.42. The van der Waals surface area contributed by atoms with E-state index in [2.05, 4.69) is 10.1 Å². The second kappa shape index (κ2) is 5.79. The lowest BCUT2D eigenvalue weighted by molar-refractivity contribution is 0.130. The normalized spacial score (nSPS) is 11.8. The van der Waals surface area contributed by atoms with Gasteiger partial charge in [0.2, 0.25) is 0 Å². The van der Waals surface area contributed by atoms with Crippen LogP contribution in [0, 0.1) is 0 Å². The number of nitrogens with zero attached hydrogens (tertiary/aromatic N) is 3. The molecule has 106 valence electrons. The van der Waals surface area contributed by atoms with Gasteiger partial charge in [-0.1, -0.05) is 47.6 Å². The van der Waals surface area contributed by atoms with Crippen LogP contribution in [0.5, 0.6) is 0 Å². The predicted octanol–water partition coefficient (Wildman–Crippen LogP) is 3.51. The maximum absolute atomic E-state index is 5.42. The standard InChI is InChI=1S/C17H17N3O/c1-13(19-21-12-14-8-4-3-5-9-14)17-18-15-10-6-7-11-16(15)20(17)2/h3-11H,12H2,1-2H3/b19-13+. The Morgan fingerprint density at radius 2 is 1.81 bits per heavy atom. The summed E-state index contributed by atoms with van der Waals surface area (Å²) >= 11 is 0. The molecule has 0 aliphatic heterocycles. The molecule has 4 nitrogen and oxygen atoms in total. The van der Waals surface area contributed by atoms with Crippen LogP contribution in [-0.2, 0) is 18.5 Å².